The first kappa shape index (κ1) is 12.4. The quantitative estimate of drug-likeness (QED) is 0.864. The highest BCUT2D eigenvalue weighted by molar-refractivity contribution is 5.77. The molecule has 6 heteroatoms. The van der Waals surface area contributed by atoms with Crippen LogP contribution in [0.1, 0.15) is 22.9 Å². The van der Waals surface area contributed by atoms with Crippen LogP contribution in [0, 0.1) is 0 Å². The molecule has 21 heavy (non-hydrogen) atoms. The highest BCUT2D eigenvalue weighted by Gasteiger charge is 2.45. The lowest BCUT2D eigenvalue weighted by molar-refractivity contribution is -0.141. The topological polar surface area (TPSA) is 50.6 Å². The fourth-order valence-corrected chi connectivity index (χ4v) is 2.99. The Morgan fingerprint density at radius 3 is 2.95 bits per heavy atom. The van der Waals surface area contributed by atoms with Crippen LogP contribution >= 0.6 is 0 Å². The predicted octanol–water partition coefficient (Wildman–Crippen LogP) is 1.84. The van der Waals surface area contributed by atoms with Crippen molar-refractivity contribution in [1.29, 1.82) is 0 Å². The van der Waals surface area contributed by atoms with Gasteiger partial charge in [-0.05, 0) is 5.56 Å². The van der Waals surface area contributed by atoms with Crippen molar-refractivity contribution in [1.82, 2.24) is 19.7 Å². The van der Waals surface area contributed by atoms with Crippen molar-refractivity contribution in [2.45, 2.75) is 19.2 Å². The van der Waals surface area contributed by atoms with Gasteiger partial charge in [0.15, 0.2) is 0 Å². The Hall–Kier alpha value is -2.34. The maximum atomic E-state index is 12.4. The van der Waals surface area contributed by atoms with Crippen molar-refractivity contribution < 1.29 is 9.63 Å². The molecule has 108 valence electrons. The lowest BCUT2D eigenvalue weighted by Gasteiger charge is -2.22. The average Bonchev–Trinajstić information content (AvgIpc) is 3.00. The van der Waals surface area contributed by atoms with E-state index in [4.69, 9.17) is 4.84 Å². The molecule has 0 saturated carbocycles. The third-order valence-electron chi connectivity index (χ3n) is 4.14. The number of rotatable bonds is 3. The summed E-state index contributed by atoms with van der Waals surface area (Å²) in [5.41, 5.74) is 3.23. The number of amides is 2. The Bertz CT molecular complexity index is 682. The van der Waals surface area contributed by atoms with E-state index < -0.39 is 0 Å². The number of fused-ring (bicyclic) bond motifs is 4. The van der Waals surface area contributed by atoms with Gasteiger partial charge in [-0.15, -0.1) is 0 Å². The van der Waals surface area contributed by atoms with Crippen LogP contribution in [0.4, 0.5) is 4.79 Å². The fourth-order valence-electron chi connectivity index (χ4n) is 2.99. The molecule has 1 aromatic carbocycles. The molecule has 0 spiro atoms. The molecule has 6 nitrogen and oxygen atoms in total. The largest absolute Gasteiger partial charge is 0.345 e. The van der Waals surface area contributed by atoms with Gasteiger partial charge in [0.1, 0.15) is 12.6 Å². The maximum absolute atomic E-state index is 12.4. The molecule has 3 heterocycles. The van der Waals surface area contributed by atoms with Crippen LogP contribution in [0.25, 0.3) is 0 Å². The van der Waals surface area contributed by atoms with E-state index in [1.54, 1.807) is 4.90 Å². The second kappa shape index (κ2) is 4.60. The standard InChI is InChI=1S/C15H16N4O2/c1-17-13-8-18-9-14(12(13)7-16-17)19(15(18)20)21-10-11-5-3-2-4-6-11/h2-7,14H,8-10H2,1H3/t14-/m0/s1. The molecule has 2 amide bonds. The van der Waals surface area contributed by atoms with Gasteiger partial charge in [0, 0.05) is 12.6 Å². The van der Waals surface area contributed by atoms with Crippen LogP contribution < -0.4 is 0 Å². The van der Waals surface area contributed by atoms with Crippen molar-refractivity contribution >= 4 is 6.03 Å². The maximum Gasteiger partial charge on any atom is 0.345 e. The highest BCUT2D eigenvalue weighted by Crippen LogP contribution is 2.37. The summed E-state index contributed by atoms with van der Waals surface area (Å²) in [6.45, 7) is 1.67. The SMILES string of the molecule is Cn1ncc2c1CN1C[C@@H]2N(OCc2ccccc2)C1=O. The van der Waals surface area contributed by atoms with Gasteiger partial charge < -0.3 is 4.90 Å². The molecular formula is C15H16N4O2. The molecule has 1 atom stereocenters. The Morgan fingerprint density at radius 1 is 1.33 bits per heavy atom. The van der Waals surface area contributed by atoms with Crippen molar-refractivity contribution in [3.8, 4) is 0 Å². The van der Waals surface area contributed by atoms with Crippen LogP contribution in [0.2, 0.25) is 0 Å². The van der Waals surface area contributed by atoms with E-state index in [2.05, 4.69) is 5.10 Å². The van der Waals surface area contributed by atoms with Gasteiger partial charge in [0.25, 0.3) is 0 Å². The van der Waals surface area contributed by atoms with Gasteiger partial charge in [-0.2, -0.15) is 10.2 Å². The van der Waals surface area contributed by atoms with E-state index in [9.17, 15) is 4.79 Å². The molecule has 0 N–H and O–H groups in total. The average molecular weight is 284 g/mol. The number of hydroxylamine groups is 2. The first-order valence-electron chi connectivity index (χ1n) is 7.00. The zero-order valence-corrected chi connectivity index (χ0v) is 11.8. The summed E-state index contributed by atoms with van der Waals surface area (Å²) in [5, 5.41) is 5.79. The molecule has 4 rings (SSSR count). The highest BCUT2D eigenvalue weighted by atomic mass is 16.7. The summed E-state index contributed by atoms with van der Waals surface area (Å²) < 4.78 is 1.84. The van der Waals surface area contributed by atoms with Gasteiger partial charge in [-0.25, -0.2) is 4.79 Å². The normalized spacial score (nSPS) is 20.0. The third kappa shape index (κ3) is 1.91. The lowest BCUT2D eigenvalue weighted by atomic mass is 10.1. The van der Waals surface area contributed by atoms with Crippen molar-refractivity contribution in [3.63, 3.8) is 0 Å². The minimum absolute atomic E-state index is 0.0568. The number of urea groups is 1. The summed E-state index contributed by atoms with van der Waals surface area (Å²) in [4.78, 5) is 20.0. The Kier molecular flexibility index (Phi) is 2.71. The number of hydrogen-bond acceptors (Lipinski definition) is 3. The number of nitrogens with zero attached hydrogens (tertiary/aromatic N) is 4. The molecule has 2 aliphatic rings. The van der Waals surface area contributed by atoms with Gasteiger partial charge in [0.05, 0.1) is 25.0 Å². The molecule has 0 radical (unpaired) electrons. The Labute approximate surface area is 122 Å². The predicted molar refractivity (Wildman–Crippen MR) is 74.8 cm³/mol. The Morgan fingerprint density at radius 2 is 2.14 bits per heavy atom. The van der Waals surface area contributed by atoms with Gasteiger partial charge in [0.2, 0.25) is 0 Å². The first-order chi connectivity index (χ1) is 10.2. The molecule has 1 fully saturated rings. The number of aromatic nitrogens is 2. The van der Waals surface area contributed by atoms with E-state index in [0.29, 0.717) is 19.7 Å². The molecule has 0 unspecified atom stereocenters. The van der Waals surface area contributed by atoms with Crippen LogP contribution in [0.15, 0.2) is 36.5 Å². The summed E-state index contributed by atoms with van der Waals surface area (Å²) in [6, 6.07) is 9.75. The zero-order chi connectivity index (χ0) is 14.4. The van der Waals surface area contributed by atoms with Crippen molar-refractivity contribution in [2.75, 3.05) is 6.54 Å². The van der Waals surface area contributed by atoms with Crippen molar-refractivity contribution in [3.05, 3.63) is 53.3 Å². The molecule has 2 aromatic rings. The molecule has 2 aliphatic heterocycles. The van der Waals surface area contributed by atoms with Crippen molar-refractivity contribution in [2.24, 2.45) is 7.05 Å². The molecular weight excluding hydrogens is 268 g/mol. The molecule has 1 saturated heterocycles. The van der Waals surface area contributed by atoms with E-state index in [1.807, 2.05) is 48.3 Å². The number of benzene rings is 1. The second-order valence-corrected chi connectivity index (χ2v) is 5.43. The minimum Gasteiger partial charge on any atom is -0.314 e. The molecule has 2 bridgehead atoms. The number of carbonyl (C=O) groups is 1. The van der Waals surface area contributed by atoms with Crippen LogP contribution in [0.5, 0.6) is 0 Å². The summed E-state index contributed by atoms with van der Waals surface area (Å²) in [6.07, 6.45) is 1.84. The van der Waals surface area contributed by atoms with Crippen LogP contribution in [-0.4, -0.2) is 32.3 Å². The summed E-state index contributed by atoms with van der Waals surface area (Å²) >= 11 is 0. The zero-order valence-electron chi connectivity index (χ0n) is 11.8. The van der Waals surface area contributed by atoms with Gasteiger partial charge in [-0.3, -0.25) is 9.52 Å². The number of carbonyl (C=O) groups excluding carboxylic acids is 1. The van der Waals surface area contributed by atoms with E-state index in [1.165, 1.54) is 5.06 Å². The van der Waals surface area contributed by atoms with E-state index in [-0.39, 0.29) is 12.1 Å². The fraction of sp³-hybridized carbons (Fsp3) is 0.333. The summed E-state index contributed by atoms with van der Waals surface area (Å²) in [5.74, 6) is 0. The molecule has 1 aromatic heterocycles. The molecule has 0 aliphatic carbocycles. The van der Waals surface area contributed by atoms with Crippen LogP contribution in [0.3, 0.4) is 0 Å². The lowest BCUT2D eigenvalue weighted by Crippen LogP contribution is -2.30. The number of aryl methyl sites for hydroxylation is 1. The smallest absolute Gasteiger partial charge is 0.314 e. The minimum atomic E-state index is -0.0628. The van der Waals surface area contributed by atoms with Gasteiger partial charge >= 0.3 is 6.03 Å². The monoisotopic (exact) mass is 284 g/mol. The Balaban J connectivity index is 1.57. The second-order valence-electron chi connectivity index (χ2n) is 5.43. The van der Waals surface area contributed by atoms with E-state index >= 15 is 0 Å². The summed E-state index contributed by atoms with van der Waals surface area (Å²) in [7, 11) is 1.91. The first-order valence-corrected chi connectivity index (χ1v) is 7.00. The van der Waals surface area contributed by atoms with E-state index in [0.717, 1.165) is 16.8 Å². The number of hydrogen-bond donors (Lipinski definition) is 0. The third-order valence-corrected chi connectivity index (χ3v) is 4.14. The van der Waals surface area contributed by atoms with Gasteiger partial charge in [-0.1, -0.05) is 30.3 Å². The van der Waals surface area contributed by atoms with Crippen LogP contribution in [-0.2, 0) is 25.0 Å².